The standard InChI is InChI=1S/C18H19ClN2O4/c1-10(2)20-18(24)13-9-12(25-3)5-6-15(13)21-17(23)11-4-7-16(22)14(19)8-11/h4-10,22H,1-3H3,(H,20,24)(H,21,23). The van der Waals surface area contributed by atoms with Crippen LogP contribution in [0.4, 0.5) is 5.69 Å². The fraction of sp³-hybridized carbons (Fsp3) is 0.222. The molecule has 3 N–H and O–H groups in total. The first-order valence-corrected chi connectivity index (χ1v) is 7.98. The van der Waals surface area contributed by atoms with Gasteiger partial charge < -0.3 is 20.5 Å². The summed E-state index contributed by atoms with van der Waals surface area (Å²) in [6.07, 6.45) is 0. The molecule has 0 aliphatic carbocycles. The maximum Gasteiger partial charge on any atom is 0.255 e. The molecule has 25 heavy (non-hydrogen) atoms. The zero-order valence-electron chi connectivity index (χ0n) is 14.1. The Morgan fingerprint density at radius 1 is 1.12 bits per heavy atom. The Morgan fingerprint density at radius 2 is 1.84 bits per heavy atom. The summed E-state index contributed by atoms with van der Waals surface area (Å²) in [7, 11) is 1.50. The van der Waals surface area contributed by atoms with Gasteiger partial charge in [0.1, 0.15) is 11.5 Å². The molecule has 7 heteroatoms. The van der Waals surface area contributed by atoms with Crippen LogP contribution in [0.2, 0.25) is 5.02 Å². The van der Waals surface area contributed by atoms with Crippen LogP contribution in [0.3, 0.4) is 0 Å². The van der Waals surface area contributed by atoms with E-state index in [4.69, 9.17) is 16.3 Å². The molecule has 2 aromatic rings. The minimum atomic E-state index is -0.453. The molecular formula is C18H19ClN2O4. The van der Waals surface area contributed by atoms with Crippen LogP contribution in [-0.2, 0) is 0 Å². The number of aromatic hydroxyl groups is 1. The topological polar surface area (TPSA) is 87.7 Å². The lowest BCUT2D eigenvalue weighted by Gasteiger charge is -2.14. The maximum absolute atomic E-state index is 12.4. The van der Waals surface area contributed by atoms with Gasteiger partial charge in [-0.3, -0.25) is 9.59 Å². The lowest BCUT2D eigenvalue weighted by Crippen LogP contribution is -2.31. The van der Waals surface area contributed by atoms with Crippen LogP contribution in [0.15, 0.2) is 36.4 Å². The van der Waals surface area contributed by atoms with Gasteiger partial charge >= 0.3 is 0 Å². The van der Waals surface area contributed by atoms with Crippen molar-refractivity contribution in [1.82, 2.24) is 5.32 Å². The number of carbonyl (C=O) groups is 2. The van der Waals surface area contributed by atoms with E-state index in [0.29, 0.717) is 11.4 Å². The minimum absolute atomic E-state index is 0.0573. The first-order valence-electron chi connectivity index (χ1n) is 7.60. The lowest BCUT2D eigenvalue weighted by atomic mass is 10.1. The summed E-state index contributed by atoms with van der Waals surface area (Å²) < 4.78 is 5.15. The van der Waals surface area contributed by atoms with Gasteiger partial charge in [-0.2, -0.15) is 0 Å². The third kappa shape index (κ3) is 4.64. The van der Waals surface area contributed by atoms with E-state index in [1.165, 1.54) is 25.3 Å². The minimum Gasteiger partial charge on any atom is -0.506 e. The third-order valence-corrected chi connectivity index (χ3v) is 3.65. The van der Waals surface area contributed by atoms with Crippen molar-refractivity contribution in [3.8, 4) is 11.5 Å². The van der Waals surface area contributed by atoms with Gasteiger partial charge in [-0.1, -0.05) is 11.6 Å². The van der Waals surface area contributed by atoms with Crippen LogP contribution in [-0.4, -0.2) is 30.1 Å². The van der Waals surface area contributed by atoms with Crippen molar-refractivity contribution in [1.29, 1.82) is 0 Å². The predicted octanol–water partition coefficient (Wildman–Crippen LogP) is 3.44. The summed E-state index contributed by atoms with van der Waals surface area (Å²) in [6.45, 7) is 3.68. The van der Waals surface area contributed by atoms with Crippen LogP contribution >= 0.6 is 11.6 Å². The normalized spacial score (nSPS) is 10.4. The van der Waals surface area contributed by atoms with Crippen molar-refractivity contribution in [3.05, 3.63) is 52.5 Å². The molecule has 0 unspecified atom stereocenters. The monoisotopic (exact) mass is 362 g/mol. The molecule has 2 amide bonds. The largest absolute Gasteiger partial charge is 0.506 e. The van der Waals surface area contributed by atoms with Crippen LogP contribution in [0.5, 0.6) is 11.5 Å². The molecule has 0 aromatic heterocycles. The van der Waals surface area contributed by atoms with E-state index >= 15 is 0 Å². The van der Waals surface area contributed by atoms with E-state index < -0.39 is 5.91 Å². The number of hydrogen-bond acceptors (Lipinski definition) is 4. The number of phenolic OH excluding ortho intramolecular Hbond substituents is 1. The number of phenols is 1. The number of methoxy groups -OCH3 is 1. The van der Waals surface area contributed by atoms with E-state index in [2.05, 4.69) is 10.6 Å². The van der Waals surface area contributed by atoms with E-state index in [1.54, 1.807) is 18.2 Å². The van der Waals surface area contributed by atoms with Crippen molar-refractivity contribution < 1.29 is 19.4 Å². The molecule has 0 aliphatic rings. The summed E-state index contributed by atoms with van der Waals surface area (Å²) in [5.41, 5.74) is 0.883. The highest BCUT2D eigenvalue weighted by Gasteiger charge is 2.17. The molecule has 2 rings (SSSR count). The lowest BCUT2D eigenvalue weighted by molar-refractivity contribution is 0.0943. The quantitative estimate of drug-likeness (QED) is 0.760. The summed E-state index contributed by atoms with van der Waals surface area (Å²) in [5, 5.41) is 15.0. The van der Waals surface area contributed by atoms with Crippen molar-refractivity contribution >= 4 is 29.1 Å². The van der Waals surface area contributed by atoms with Gasteiger partial charge in [0.2, 0.25) is 0 Å². The van der Waals surface area contributed by atoms with Gasteiger partial charge in [0.05, 0.1) is 23.4 Å². The van der Waals surface area contributed by atoms with Gasteiger partial charge in [0.15, 0.2) is 0 Å². The number of hydrogen-bond donors (Lipinski definition) is 3. The second-order valence-electron chi connectivity index (χ2n) is 5.66. The highest BCUT2D eigenvalue weighted by Crippen LogP contribution is 2.26. The molecule has 0 saturated carbocycles. The Kier molecular flexibility index (Phi) is 5.88. The van der Waals surface area contributed by atoms with Crippen molar-refractivity contribution in [3.63, 3.8) is 0 Å². The number of rotatable bonds is 5. The molecule has 2 aromatic carbocycles. The molecule has 0 aliphatic heterocycles. The highest BCUT2D eigenvalue weighted by atomic mass is 35.5. The van der Waals surface area contributed by atoms with Gasteiger partial charge in [0, 0.05) is 11.6 Å². The summed E-state index contributed by atoms with van der Waals surface area (Å²) in [5.74, 6) is -0.391. The zero-order valence-corrected chi connectivity index (χ0v) is 14.8. The molecule has 0 saturated heterocycles. The number of nitrogens with one attached hydrogen (secondary N) is 2. The molecular weight excluding hydrogens is 344 g/mol. The SMILES string of the molecule is COc1ccc(NC(=O)c2ccc(O)c(Cl)c2)c(C(=O)NC(C)C)c1. The fourth-order valence-electron chi connectivity index (χ4n) is 2.13. The first-order chi connectivity index (χ1) is 11.8. The molecule has 0 atom stereocenters. The molecule has 0 radical (unpaired) electrons. The average molecular weight is 363 g/mol. The summed E-state index contributed by atoms with van der Waals surface area (Å²) in [4.78, 5) is 24.8. The van der Waals surface area contributed by atoms with E-state index in [0.717, 1.165) is 0 Å². The Hall–Kier alpha value is -2.73. The fourth-order valence-corrected chi connectivity index (χ4v) is 2.31. The molecule has 0 spiro atoms. The van der Waals surface area contributed by atoms with Gasteiger partial charge in [-0.05, 0) is 50.2 Å². The van der Waals surface area contributed by atoms with Crippen LogP contribution < -0.4 is 15.4 Å². The number of carbonyl (C=O) groups excluding carboxylic acids is 2. The van der Waals surface area contributed by atoms with E-state index in [-0.39, 0.29) is 33.8 Å². The Labute approximate surface area is 150 Å². The van der Waals surface area contributed by atoms with E-state index in [1.807, 2.05) is 13.8 Å². The Bertz CT molecular complexity index is 806. The molecule has 0 heterocycles. The molecule has 132 valence electrons. The summed E-state index contributed by atoms with van der Waals surface area (Å²) >= 11 is 5.83. The Balaban J connectivity index is 2.32. The smallest absolute Gasteiger partial charge is 0.255 e. The van der Waals surface area contributed by atoms with Crippen LogP contribution in [0.25, 0.3) is 0 Å². The third-order valence-electron chi connectivity index (χ3n) is 3.35. The van der Waals surface area contributed by atoms with Gasteiger partial charge in [0.25, 0.3) is 11.8 Å². The van der Waals surface area contributed by atoms with Crippen molar-refractivity contribution in [2.24, 2.45) is 0 Å². The second-order valence-corrected chi connectivity index (χ2v) is 6.07. The summed E-state index contributed by atoms with van der Waals surface area (Å²) in [6, 6.07) is 8.85. The van der Waals surface area contributed by atoms with Gasteiger partial charge in [-0.15, -0.1) is 0 Å². The van der Waals surface area contributed by atoms with Gasteiger partial charge in [-0.25, -0.2) is 0 Å². The highest BCUT2D eigenvalue weighted by molar-refractivity contribution is 6.32. The molecule has 6 nitrogen and oxygen atoms in total. The van der Waals surface area contributed by atoms with Crippen LogP contribution in [0.1, 0.15) is 34.6 Å². The Morgan fingerprint density at radius 3 is 2.44 bits per heavy atom. The predicted molar refractivity (Wildman–Crippen MR) is 96.7 cm³/mol. The number of halogens is 1. The number of benzene rings is 2. The first kappa shape index (κ1) is 18.6. The number of ether oxygens (including phenoxy) is 1. The van der Waals surface area contributed by atoms with E-state index in [9.17, 15) is 14.7 Å². The maximum atomic E-state index is 12.4. The van der Waals surface area contributed by atoms with Crippen molar-refractivity contribution in [2.75, 3.05) is 12.4 Å². The average Bonchev–Trinajstić information content (AvgIpc) is 2.56. The second kappa shape index (κ2) is 7.90. The molecule has 0 fully saturated rings. The number of anilines is 1. The van der Waals surface area contributed by atoms with Crippen LogP contribution in [0, 0.1) is 0 Å². The zero-order chi connectivity index (χ0) is 18.6. The molecule has 0 bridgehead atoms. The van der Waals surface area contributed by atoms with Crippen molar-refractivity contribution in [2.45, 2.75) is 19.9 Å². The number of amides is 2.